The highest BCUT2D eigenvalue weighted by Crippen LogP contribution is 2.40. The number of benzene rings is 2. The van der Waals surface area contributed by atoms with Gasteiger partial charge in [0, 0.05) is 89.0 Å². The number of hydroxylamine groups is 2. The Kier molecular flexibility index (Phi) is 13.3. The van der Waals surface area contributed by atoms with Gasteiger partial charge in [-0.25, -0.2) is 9.59 Å². The Bertz CT molecular complexity index is 4510. The summed E-state index contributed by atoms with van der Waals surface area (Å²) in [6.07, 6.45) is 15.5. The molecule has 0 atom stereocenters. The van der Waals surface area contributed by atoms with E-state index in [1.54, 1.807) is 24.3 Å². The molecule has 8 aromatic heterocycles. The molecule has 0 saturated carbocycles. The maximum atomic E-state index is 13.7. The van der Waals surface area contributed by atoms with E-state index in [9.17, 15) is 19.2 Å². The van der Waals surface area contributed by atoms with Crippen LogP contribution in [0.25, 0.3) is 80.3 Å². The van der Waals surface area contributed by atoms with Crippen molar-refractivity contribution in [1.82, 2.24) is 30.9 Å². The number of rotatable bonds is 16. The van der Waals surface area contributed by atoms with Gasteiger partial charge in [0.2, 0.25) is 11.5 Å². The minimum absolute atomic E-state index is 0.00513. The van der Waals surface area contributed by atoms with Gasteiger partial charge in [-0.2, -0.15) is 0 Å². The molecule has 1 aliphatic heterocycles. The highest BCUT2D eigenvalue weighted by Gasteiger charge is 2.23. The third-order valence-corrected chi connectivity index (χ3v) is 14.8. The van der Waals surface area contributed by atoms with E-state index in [2.05, 4.69) is 63.1 Å². The van der Waals surface area contributed by atoms with Gasteiger partial charge in [0.05, 0.1) is 52.7 Å². The fourth-order valence-corrected chi connectivity index (χ4v) is 10.7. The van der Waals surface area contributed by atoms with Gasteiger partial charge in [-0.1, -0.05) is 25.3 Å². The van der Waals surface area contributed by atoms with Gasteiger partial charge in [0.25, 0.3) is 0 Å². The lowest BCUT2D eigenvalue weighted by Gasteiger charge is -2.12. The van der Waals surface area contributed by atoms with Gasteiger partial charge in [-0.05, 0) is 134 Å². The molecular weight excluding hydrogens is 997 g/mol. The van der Waals surface area contributed by atoms with Crippen LogP contribution in [0.3, 0.4) is 0 Å². The average Bonchev–Trinajstić information content (AvgIpc) is 4.45. The van der Waals surface area contributed by atoms with Gasteiger partial charge in [0.1, 0.15) is 0 Å². The molecule has 0 fully saturated rings. The van der Waals surface area contributed by atoms with E-state index in [0.717, 1.165) is 88.7 Å². The Morgan fingerprint density at radius 1 is 0.513 bits per heavy atom. The van der Waals surface area contributed by atoms with Gasteiger partial charge in [-0.3, -0.25) is 9.59 Å². The summed E-state index contributed by atoms with van der Waals surface area (Å²) >= 11 is 0. The van der Waals surface area contributed by atoms with Crippen LogP contribution in [-0.4, -0.2) is 46.1 Å². The van der Waals surface area contributed by atoms with Crippen molar-refractivity contribution < 1.29 is 46.4 Å². The van der Waals surface area contributed by atoms with E-state index in [4.69, 9.17) is 36.8 Å². The van der Waals surface area contributed by atoms with Crippen LogP contribution in [0, 0.1) is 27.7 Å². The van der Waals surface area contributed by atoms with Crippen LogP contribution in [0.1, 0.15) is 91.3 Å². The number of fused-ring (bicyclic) bond motifs is 12. The van der Waals surface area contributed by atoms with Crippen LogP contribution >= 0.6 is 0 Å². The second-order valence-corrected chi connectivity index (χ2v) is 19.0. The minimum atomic E-state index is -0.549. The lowest BCUT2D eigenvalue weighted by Crippen LogP contribution is -2.21. The van der Waals surface area contributed by atoms with Crippen LogP contribution in [0.5, 0.6) is 11.5 Å². The molecule has 11 rings (SSSR count). The van der Waals surface area contributed by atoms with Crippen LogP contribution < -0.4 is 53.1 Å². The van der Waals surface area contributed by atoms with E-state index in [1.807, 2.05) is 45.1 Å². The number of hydrogen-bond donors (Lipinski definition) is 6. The first kappa shape index (κ1) is 50.6. The molecule has 18 nitrogen and oxygen atoms in total. The fourth-order valence-electron chi connectivity index (χ4n) is 10.7. The standard InChI is InChI=1S/C60H54N6O12/c1-9-33-29(3)43-23-44-31(5)35(11-17-53(69)77-61-27-41-37-13-15-51(67)75-57(37)59(71-7)55-39(41)19-21-73-55)49(65-44)26-50-36(32(6)46(66-50)25-48-34(10-2)30(4)45(64-48)24-47(33)63-43)12-18-54(70)78-62-28-42-38-14-16-52(68)76-58(38)60(72-8)56-40(42)20-22-74-56/h9-10,13-16,19-26,61-66H,1-2,11-12,17-18,27-28H2,3-8H3. The molecule has 2 aromatic carbocycles. The molecule has 0 spiro atoms. The number of aromatic nitrogens is 4. The number of nitrogens with one attached hydrogen (secondary N) is 6. The van der Waals surface area contributed by atoms with Crippen molar-refractivity contribution in [3.05, 3.63) is 183 Å². The number of furan rings is 2. The molecule has 6 N–H and O–H groups in total. The number of aromatic amines is 4. The molecule has 0 aliphatic carbocycles. The highest BCUT2D eigenvalue weighted by molar-refractivity contribution is 6.05. The van der Waals surface area contributed by atoms with Crippen LogP contribution in [0.2, 0.25) is 0 Å². The van der Waals surface area contributed by atoms with E-state index < -0.39 is 23.2 Å². The van der Waals surface area contributed by atoms with Gasteiger partial charge >= 0.3 is 23.2 Å². The molecule has 0 radical (unpaired) electrons. The lowest BCUT2D eigenvalue weighted by atomic mass is 10.0. The Balaban J connectivity index is 0.918. The second-order valence-electron chi connectivity index (χ2n) is 19.0. The molecule has 0 unspecified atom stereocenters. The summed E-state index contributed by atoms with van der Waals surface area (Å²) in [6.45, 7) is 16.6. The SMILES string of the molecule is C=Cc1c2[nH]c(c1C)C=c1[nH]c(c(CCC(=O)ONCc3c4ccoc4c(OC)c4oc(=O)ccc34)c1C)=Cc1[nH]c(c(C)c1CCC(=O)ONCc1c3ccoc3c(OC)c3oc(=O)ccc13)C=c1[nH]c(c(C)c1C=C)=C2. The third kappa shape index (κ3) is 8.95. The smallest absolute Gasteiger partial charge is 0.336 e. The molecule has 0 amide bonds. The maximum Gasteiger partial charge on any atom is 0.336 e. The normalized spacial score (nSPS) is 12.1. The first-order chi connectivity index (χ1) is 37.8. The molecule has 8 bridgehead atoms. The third-order valence-electron chi connectivity index (χ3n) is 14.8. The Morgan fingerprint density at radius 3 is 1.55 bits per heavy atom. The average molecular weight is 1050 g/mol. The van der Waals surface area contributed by atoms with Gasteiger partial charge in [-0.15, -0.1) is 11.0 Å². The molecule has 78 heavy (non-hydrogen) atoms. The second kappa shape index (κ2) is 20.5. The Morgan fingerprint density at radius 2 is 0.987 bits per heavy atom. The van der Waals surface area contributed by atoms with Crippen LogP contribution in [0.4, 0.5) is 0 Å². The van der Waals surface area contributed by atoms with Crippen molar-refractivity contribution in [2.45, 2.75) is 66.5 Å². The van der Waals surface area contributed by atoms with Crippen molar-refractivity contribution in [3.8, 4) is 11.5 Å². The number of methoxy groups -OCH3 is 2. The van der Waals surface area contributed by atoms with Crippen molar-refractivity contribution in [1.29, 1.82) is 0 Å². The van der Waals surface area contributed by atoms with Crippen LogP contribution in [0.15, 0.2) is 89.3 Å². The van der Waals surface area contributed by atoms with Crippen molar-refractivity contribution >= 4 is 92.3 Å². The zero-order valence-corrected chi connectivity index (χ0v) is 43.6. The first-order valence-electron chi connectivity index (χ1n) is 25.2. The fraction of sp³-hybridized carbons (Fsp3) is 0.200. The monoisotopic (exact) mass is 1050 g/mol. The number of carbonyl (C=O) groups is 2. The number of hydrogen-bond acceptors (Lipinski definition) is 14. The minimum Gasteiger partial charge on any atom is -0.490 e. The topological polar surface area (TPSA) is 245 Å². The quantitative estimate of drug-likeness (QED) is 0.0413. The molecule has 10 aromatic rings. The van der Waals surface area contributed by atoms with E-state index >= 15 is 0 Å². The zero-order chi connectivity index (χ0) is 54.5. The molecule has 0 saturated heterocycles. The van der Waals surface area contributed by atoms with Crippen LogP contribution in [-0.2, 0) is 45.2 Å². The predicted octanol–water partition coefficient (Wildman–Crippen LogP) is 7.23. The van der Waals surface area contributed by atoms with Crippen molar-refractivity contribution in [3.63, 3.8) is 0 Å². The summed E-state index contributed by atoms with van der Waals surface area (Å²) in [7, 11) is 2.94. The van der Waals surface area contributed by atoms with E-state index in [0.29, 0.717) is 56.7 Å². The molecule has 9 heterocycles. The lowest BCUT2D eigenvalue weighted by molar-refractivity contribution is -0.152. The van der Waals surface area contributed by atoms with Crippen molar-refractivity contribution in [2.75, 3.05) is 14.2 Å². The summed E-state index contributed by atoms with van der Waals surface area (Å²) < 4.78 is 33.6. The molecule has 396 valence electrons. The van der Waals surface area contributed by atoms with E-state index in [1.165, 1.54) is 38.9 Å². The predicted molar refractivity (Wildman–Crippen MR) is 295 cm³/mol. The summed E-state index contributed by atoms with van der Waals surface area (Å²) in [4.78, 5) is 77.8. The Hall–Kier alpha value is -9.52. The number of carbonyl (C=O) groups excluding carboxylic acids is 2. The molecule has 1 aliphatic rings. The molecular formula is C60H54N6O12. The maximum absolute atomic E-state index is 13.7. The largest absolute Gasteiger partial charge is 0.490 e. The first-order valence-corrected chi connectivity index (χ1v) is 25.2. The summed E-state index contributed by atoms with van der Waals surface area (Å²) in [5.41, 5.74) is 17.9. The van der Waals surface area contributed by atoms with Gasteiger partial charge in [0.15, 0.2) is 22.3 Å². The summed E-state index contributed by atoms with van der Waals surface area (Å²) in [6, 6.07) is 9.47. The zero-order valence-electron chi connectivity index (χ0n) is 43.6. The highest BCUT2D eigenvalue weighted by atomic mass is 16.7. The summed E-state index contributed by atoms with van der Waals surface area (Å²) in [5.74, 6) is -0.440. The number of H-pyrrole nitrogens is 4. The Labute approximate surface area is 442 Å². The number of ether oxygens (including phenoxy) is 2. The van der Waals surface area contributed by atoms with E-state index in [-0.39, 0.29) is 48.6 Å². The van der Waals surface area contributed by atoms with Gasteiger partial charge < -0.3 is 56.8 Å². The molecule has 18 heteroatoms. The van der Waals surface area contributed by atoms with Crippen molar-refractivity contribution in [2.24, 2.45) is 0 Å². The summed E-state index contributed by atoms with van der Waals surface area (Å²) in [5, 5.41) is 5.88.